The molecule has 0 aliphatic heterocycles. The Kier molecular flexibility index (Phi) is 5.57. The van der Waals surface area contributed by atoms with Gasteiger partial charge in [-0.2, -0.15) is 17.4 Å². The van der Waals surface area contributed by atoms with Crippen molar-refractivity contribution in [3.05, 3.63) is 35.9 Å². The fourth-order valence-electron chi connectivity index (χ4n) is 1.31. The van der Waals surface area contributed by atoms with Crippen molar-refractivity contribution in [2.75, 3.05) is 27.3 Å². The molecular weight excluding hydrogens is 240 g/mol. The van der Waals surface area contributed by atoms with E-state index in [-0.39, 0.29) is 6.54 Å². The summed E-state index contributed by atoms with van der Waals surface area (Å²) in [5, 5.41) is 0. The largest absolute Gasteiger partial charge is 0.383 e. The molecule has 0 heterocycles. The van der Waals surface area contributed by atoms with Crippen LogP contribution in [0.1, 0.15) is 5.56 Å². The first kappa shape index (κ1) is 14.1. The molecule has 0 unspecified atom stereocenters. The lowest BCUT2D eigenvalue weighted by atomic mass is 10.2. The molecule has 0 aromatic heterocycles. The average Bonchev–Trinajstić information content (AvgIpc) is 2.30. The Balaban J connectivity index is 2.54. The van der Waals surface area contributed by atoms with E-state index in [1.165, 1.54) is 11.4 Å². The second kappa shape index (κ2) is 6.70. The molecule has 0 spiro atoms. The zero-order chi connectivity index (χ0) is 12.7. The number of rotatable bonds is 7. The minimum Gasteiger partial charge on any atom is -0.383 e. The number of nitrogens with one attached hydrogen (secondary N) is 1. The monoisotopic (exact) mass is 258 g/mol. The van der Waals surface area contributed by atoms with Gasteiger partial charge in [0.25, 0.3) is 10.2 Å². The van der Waals surface area contributed by atoms with Crippen LogP contribution in [0.2, 0.25) is 0 Å². The molecule has 1 N–H and O–H groups in total. The van der Waals surface area contributed by atoms with Gasteiger partial charge in [0, 0.05) is 27.2 Å². The summed E-state index contributed by atoms with van der Waals surface area (Å²) in [4.78, 5) is 0. The predicted molar refractivity (Wildman–Crippen MR) is 66.7 cm³/mol. The molecule has 0 saturated heterocycles. The van der Waals surface area contributed by atoms with Gasteiger partial charge in [-0.25, -0.2) is 0 Å². The van der Waals surface area contributed by atoms with E-state index in [1.54, 1.807) is 7.05 Å². The van der Waals surface area contributed by atoms with Crippen LogP contribution in [0.25, 0.3) is 0 Å². The van der Waals surface area contributed by atoms with Gasteiger partial charge in [0.15, 0.2) is 0 Å². The van der Waals surface area contributed by atoms with Crippen LogP contribution in [-0.4, -0.2) is 40.0 Å². The van der Waals surface area contributed by atoms with Crippen molar-refractivity contribution in [2.24, 2.45) is 0 Å². The van der Waals surface area contributed by atoms with E-state index in [1.807, 2.05) is 30.3 Å². The van der Waals surface area contributed by atoms with Gasteiger partial charge in [-0.3, -0.25) is 0 Å². The molecule has 17 heavy (non-hydrogen) atoms. The van der Waals surface area contributed by atoms with Gasteiger partial charge in [-0.1, -0.05) is 30.3 Å². The molecule has 0 aliphatic carbocycles. The van der Waals surface area contributed by atoms with Crippen LogP contribution in [-0.2, 0) is 21.5 Å². The van der Waals surface area contributed by atoms with E-state index < -0.39 is 10.2 Å². The summed E-state index contributed by atoms with van der Waals surface area (Å²) >= 11 is 0. The van der Waals surface area contributed by atoms with Crippen LogP contribution in [0, 0.1) is 0 Å². The first-order chi connectivity index (χ1) is 8.06. The summed E-state index contributed by atoms with van der Waals surface area (Å²) in [6.45, 7) is 0.986. The van der Waals surface area contributed by atoms with Crippen molar-refractivity contribution in [3.8, 4) is 0 Å². The molecule has 5 nitrogen and oxygen atoms in total. The van der Waals surface area contributed by atoms with E-state index in [2.05, 4.69) is 4.72 Å². The molecule has 0 radical (unpaired) electrons. The van der Waals surface area contributed by atoms with E-state index in [9.17, 15) is 8.42 Å². The quantitative estimate of drug-likeness (QED) is 0.729. The number of hydrogen-bond acceptors (Lipinski definition) is 3. The second-order valence-electron chi connectivity index (χ2n) is 3.63. The number of nitrogens with zero attached hydrogens (tertiary/aromatic N) is 1. The van der Waals surface area contributed by atoms with Crippen LogP contribution in [0.3, 0.4) is 0 Å². The average molecular weight is 258 g/mol. The fraction of sp³-hybridized carbons (Fsp3) is 0.455. The summed E-state index contributed by atoms with van der Waals surface area (Å²) in [6.07, 6.45) is 0. The Morgan fingerprint density at radius 3 is 2.53 bits per heavy atom. The maximum Gasteiger partial charge on any atom is 0.279 e. The highest BCUT2D eigenvalue weighted by molar-refractivity contribution is 7.87. The number of hydrogen-bond donors (Lipinski definition) is 1. The molecule has 0 aliphatic rings. The zero-order valence-corrected chi connectivity index (χ0v) is 10.9. The first-order valence-electron chi connectivity index (χ1n) is 5.30. The highest BCUT2D eigenvalue weighted by Gasteiger charge is 2.16. The summed E-state index contributed by atoms with van der Waals surface area (Å²) < 4.78 is 32.1. The lowest BCUT2D eigenvalue weighted by Crippen LogP contribution is -2.39. The lowest BCUT2D eigenvalue weighted by molar-refractivity contribution is 0.204. The summed E-state index contributed by atoms with van der Waals surface area (Å²) in [6, 6.07) is 9.44. The van der Waals surface area contributed by atoms with Crippen LogP contribution in [0.15, 0.2) is 30.3 Å². The second-order valence-corrected chi connectivity index (χ2v) is 5.50. The molecule has 6 heteroatoms. The van der Waals surface area contributed by atoms with Gasteiger partial charge < -0.3 is 4.74 Å². The van der Waals surface area contributed by atoms with Crippen molar-refractivity contribution in [2.45, 2.75) is 6.54 Å². The molecular formula is C11H18N2O3S. The molecule has 0 amide bonds. The van der Waals surface area contributed by atoms with Crippen molar-refractivity contribution in [1.82, 2.24) is 9.03 Å². The Morgan fingerprint density at radius 1 is 1.29 bits per heavy atom. The zero-order valence-electron chi connectivity index (χ0n) is 10.1. The summed E-state index contributed by atoms with van der Waals surface area (Å²) in [5.74, 6) is 0. The Labute approximate surface area is 103 Å². The number of ether oxygens (including phenoxy) is 1. The highest BCUT2D eigenvalue weighted by Crippen LogP contribution is 2.05. The van der Waals surface area contributed by atoms with E-state index >= 15 is 0 Å². The van der Waals surface area contributed by atoms with Crippen LogP contribution >= 0.6 is 0 Å². The van der Waals surface area contributed by atoms with E-state index in [0.29, 0.717) is 13.2 Å². The van der Waals surface area contributed by atoms with Crippen LogP contribution in [0.5, 0.6) is 0 Å². The summed E-state index contributed by atoms with van der Waals surface area (Å²) in [5.41, 5.74) is 0.951. The number of methoxy groups -OCH3 is 1. The summed E-state index contributed by atoms with van der Waals surface area (Å²) in [7, 11) is -0.354. The third-order valence-corrected chi connectivity index (χ3v) is 3.77. The van der Waals surface area contributed by atoms with Gasteiger partial charge in [0.2, 0.25) is 0 Å². The predicted octanol–water partition coefficient (Wildman–Crippen LogP) is 0.599. The SMILES string of the molecule is COCCNS(=O)(=O)N(C)Cc1ccccc1. The standard InChI is InChI=1S/C11H18N2O3S/c1-13(10-11-6-4-3-5-7-11)17(14,15)12-8-9-16-2/h3-7,12H,8-10H2,1-2H3. The third-order valence-electron chi connectivity index (χ3n) is 2.25. The van der Waals surface area contributed by atoms with Crippen molar-refractivity contribution in [1.29, 1.82) is 0 Å². The lowest BCUT2D eigenvalue weighted by Gasteiger charge is -2.17. The van der Waals surface area contributed by atoms with E-state index in [4.69, 9.17) is 4.74 Å². The molecule has 0 atom stereocenters. The normalized spacial score (nSPS) is 11.9. The molecule has 1 aromatic carbocycles. The maximum atomic E-state index is 11.8. The van der Waals surface area contributed by atoms with Crippen molar-refractivity contribution in [3.63, 3.8) is 0 Å². The van der Waals surface area contributed by atoms with Gasteiger partial charge in [0.05, 0.1) is 6.61 Å². The highest BCUT2D eigenvalue weighted by atomic mass is 32.2. The van der Waals surface area contributed by atoms with Crippen molar-refractivity contribution < 1.29 is 13.2 Å². The Morgan fingerprint density at radius 2 is 1.94 bits per heavy atom. The van der Waals surface area contributed by atoms with Crippen molar-refractivity contribution >= 4 is 10.2 Å². The Bertz CT molecular complexity index is 420. The molecule has 0 saturated carbocycles. The Hall–Kier alpha value is -0.950. The van der Waals surface area contributed by atoms with Gasteiger partial charge in [0.1, 0.15) is 0 Å². The molecule has 0 bridgehead atoms. The maximum absolute atomic E-state index is 11.8. The molecule has 1 aromatic rings. The van der Waals surface area contributed by atoms with E-state index in [0.717, 1.165) is 5.56 Å². The fourth-order valence-corrected chi connectivity index (χ4v) is 2.19. The van der Waals surface area contributed by atoms with Crippen LogP contribution < -0.4 is 4.72 Å². The molecule has 0 fully saturated rings. The minimum atomic E-state index is -3.43. The molecule has 96 valence electrons. The molecule has 1 rings (SSSR count). The van der Waals surface area contributed by atoms with Gasteiger partial charge >= 0.3 is 0 Å². The number of benzene rings is 1. The van der Waals surface area contributed by atoms with Crippen LogP contribution in [0.4, 0.5) is 0 Å². The third kappa shape index (κ3) is 4.82. The van der Waals surface area contributed by atoms with Gasteiger partial charge in [-0.05, 0) is 5.56 Å². The first-order valence-corrected chi connectivity index (χ1v) is 6.74. The minimum absolute atomic E-state index is 0.276. The van der Waals surface area contributed by atoms with Gasteiger partial charge in [-0.15, -0.1) is 0 Å². The topological polar surface area (TPSA) is 58.6 Å². The smallest absolute Gasteiger partial charge is 0.279 e.